The molecular weight excluding hydrogens is 268 g/mol. The molecule has 1 aromatic rings. The third kappa shape index (κ3) is 3.15. The maximum Gasteiger partial charge on any atom is 0.185 e. The molecule has 5 heteroatoms. The van der Waals surface area contributed by atoms with Crippen molar-refractivity contribution in [3.63, 3.8) is 0 Å². The van der Waals surface area contributed by atoms with Crippen LogP contribution in [0.15, 0.2) is 0 Å². The van der Waals surface area contributed by atoms with Crippen LogP contribution in [-0.4, -0.2) is 48.6 Å². The first-order chi connectivity index (χ1) is 9.67. The van der Waals surface area contributed by atoms with E-state index in [-0.39, 0.29) is 0 Å². The van der Waals surface area contributed by atoms with E-state index in [0.29, 0.717) is 6.04 Å². The summed E-state index contributed by atoms with van der Waals surface area (Å²) < 4.78 is 0. The molecule has 1 aromatic heterocycles. The lowest BCUT2D eigenvalue weighted by Crippen LogP contribution is -2.50. The predicted octanol–water partition coefficient (Wildman–Crippen LogP) is 2.10. The zero-order valence-corrected chi connectivity index (χ0v) is 13.7. The third-order valence-electron chi connectivity index (χ3n) is 4.46. The summed E-state index contributed by atoms with van der Waals surface area (Å²) in [5.74, 6) is 0. The molecule has 2 aliphatic rings. The standard InChI is InChI=1S/C15H26N4S/c1-4-13-14(9-16-12-5-6-12)20-15(17-13)19-8-7-18(3)11(2)10-19/h11-12,16H,4-10H2,1-3H3. The SMILES string of the molecule is CCc1nc(N2CCN(C)C(C)C2)sc1CNC1CC1. The number of thiazole rings is 1. The highest BCUT2D eigenvalue weighted by Crippen LogP contribution is 2.29. The van der Waals surface area contributed by atoms with Gasteiger partial charge >= 0.3 is 0 Å². The Bertz CT molecular complexity index is 455. The summed E-state index contributed by atoms with van der Waals surface area (Å²) in [7, 11) is 2.21. The average Bonchev–Trinajstić information content (AvgIpc) is 3.18. The molecule has 0 aromatic carbocycles. The lowest BCUT2D eigenvalue weighted by Gasteiger charge is -2.37. The number of hydrogen-bond donors (Lipinski definition) is 1. The van der Waals surface area contributed by atoms with Gasteiger partial charge < -0.3 is 15.1 Å². The van der Waals surface area contributed by atoms with Gasteiger partial charge in [0.1, 0.15) is 0 Å². The van der Waals surface area contributed by atoms with Crippen LogP contribution in [0.1, 0.15) is 37.3 Å². The Morgan fingerprint density at radius 2 is 2.15 bits per heavy atom. The molecule has 0 spiro atoms. The fraction of sp³-hybridized carbons (Fsp3) is 0.800. The molecule has 1 aliphatic heterocycles. The molecule has 1 saturated carbocycles. The normalized spacial score (nSPS) is 24.4. The van der Waals surface area contributed by atoms with Crippen LogP contribution in [0.25, 0.3) is 0 Å². The van der Waals surface area contributed by atoms with E-state index in [1.807, 2.05) is 11.3 Å². The van der Waals surface area contributed by atoms with E-state index in [2.05, 4.69) is 36.0 Å². The summed E-state index contributed by atoms with van der Waals surface area (Å²) in [6.07, 6.45) is 3.74. The molecule has 1 saturated heterocycles. The molecule has 112 valence electrons. The topological polar surface area (TPSA) is 31.4 Å². The largest absolute Gasteiger partial charge is 0.345 e. The molecule has 2 fully saturated rings. The summed E-state index contributed by atoms with van der Waals surface area (Å²) >= 11 is 1.90. The molecule has 3 rings (SSSR count). The van der Waals surface area contributed by atoms with Crippen LogP contribution in [0.4, 0.5) is 5.13 Å². The van der Waals surface area contributed by atoms with Crippen LogP contribution in [-0.2, 0) is 13.0 Å². The maximum atomic E-state index is 4.90. The van der Waals surface area contributed by atoms with E-state index in [4.69, 9.17) is 4.98 Å². The zero-order chi connectivity index (χ0) is 14.1. The number of aromatic nitrogens is 1. The van der Waals surface area contributed by atoms with Crippen molar-refractivity contribution in [1.29, 1.82) is 0 Å². The van der Waals surface area contributed by atoms with Gasteiger partial charge in [0.2, 0.25) is 0 Å². The number of aryl methyl sites for hydroxylation is 1. The van der Waals surface area contributed by atoms with Gasteiger partial charge in [-0.05, 0) is 33.2 Å². The zero-order valence-electron chi connectivity index (χ0n) is 12.9. The fourth-order valence-electron chi connectivity index (χ4n) is 2.67. The lowest BCUT2D eigenvalue weighted by atomic mass is 10.2. The van der Waals surface area contributed by atoms with Crippen LogP contribution < -0.4 is 10.2 Å². The first-order valence-electron chi connectivity index (χ1n) is 7.84. The molecule has 1 N–H and O–H groups in total. The molecule has 20 heavy (non-hydrogen) atoms. The first-order valence-corrected chi connectivity index (χ1v) is 8.66. The van der Waals surface area contributed by atoms with Gasteiger partial charge in [0, 0.05) is 43.1 Å². The minimum Gasteiger partial charge on any atom is -0.345 e. The van der Waals surface area contributed by atoms with Gasteiger partial charge in [0.25, 0.3) is 0 Å². The Morgan fingerprint density at radius 3 is 2.80 bits per heavy atom. The van der Waals surface area contributed by atoms with Crippen LogP contribution in [0.3, 0.4) is 0 Å². The van der Waals surface area contributed by atoms with Gasteiger partial charge in [-0.15, -0.1) is 11.3 Å². The molecule has 1 atom stereocenters. The number of anilines is 1. The highest BCUT2D eigenvalue weighted by molar-refractivity contribution is 7.15. The Labute approximate surface area is 126 Å². The first kappa shape index (κ1) is 14.3. The minimum absolute atomic E-state index is 0.616. The van der Waals surface area contributed by atoms with Crippen LogP contribution in [0.2, 0.25) is 0 Å². The molecule has 0 amide bonds. The summed E-state index contributed by atoms with van der Waals surface area (Å²) in [5, 5.41) is 4.85. The third-order valence-corrected chi connectivity index (χ3v) is 5.62. The lowest BCUT2D eigenvalue weighted by molar-refractivity contribution is 0.234. The molecule has 1 aliphatic carbocycles. The van der Waals surface area contributed by atoms with Crippen LogP contribution in [0, 0.1) is 0 Å². The van der Waals surface area contributed by atoms with Gasteiger partial charge in [-0.2, -0.15) is 0 Å². The second-order valence-electron chi connectivity index (χ2n) is 6.15. The molecule has 2 heterocycles. The number of hydrogen-bond acceptors (Lipinski definition) is 5. The number of likely N-dealkylation sites (N-methyl/N-ethyl adjacent to an activating group) is 1. The van der Waals surface area contributed by atoms with Crippen molar-refractivity contribution in [3.8, 4) is 0 Å². The van der Waals surface area contributed by atoms with E-state index in [1.54, 1.807) is 0 Å². The minimum atomic E-state index is 0.616. The van der Waals surface area contributed by atoms with Crippen LogP contribution >= 0.6 is 11.3 Å². The van der Waals surface area contributed by atoms with E-state index in [0.717, 1.165) is 38.6 Å². The van der Waals surface area contributed by atoms with Gasteiger partial charge in [-0.3, -0.25) is 0 Å². The Kier molecular flexibility index (Phi) is 4.29. The number of nitrogens with zero attached hydrogens (tertiary/aromatic N) is 3. The van der Waals surface area contributed by atoms with E-state index in [9.17, 15) is 0 Å². The molecule has 0 radical (unpaired) electrons. The van der Waals surface area contributed by atoms with Crippen molar-refractivity contribution in [3.05, 3.63) is 10.6 Å². The second-order valence-corrected chi connectivity index (χ2v) is 7.21. The van der Waals surface area contributed by atoms with Crippen molar-refractivity contribution in [2.24, 2.45) is 0 Å². The fourth-order valence-corrected chi connectivity index (χ4v) is 3.80. The monoisotopic (exact) mass is 294 g/mol. The van der Waals surface area contributed by atoms with Gasteiger partial charge in [0.15, 0.2) is 5.13 Å². The summed E-state index contributed by atoms with van der Waals surface area (Å²) in [5.41, 5.74) is 1.30. The summed E-state index contributed by atoms with van der Waals surface area (Å²) in [6, 6.07) is 1.39. The Morgan fingerprint density at radius 1 is 1.35 bits per heavy atom. The highest BCUT2D eigenvalue weighted by atomic mass is 32.1. The summed E-state index contributed by atoms with van der Waals surface area (Å²) in [6.45, 7) is 8.87. The van der Waals surface area contributed by atoms with Crippen molar-refractivity contribution in [1.82, 2.24) is 15.2 Å². The van der Waals surface area contributed by atoms with Gasteiger partial charge in [0.05, 0.1) is 5.69 Å². The van der Waals surface area contributed by atoms with Crippen molar-refractivity contribution in [2.75, 3.05) is 31.6 Å². The average molecular weight is 294 g/mol. The Balaban J connectivity index is 1.69. The van der Waals surface area contributed by atoms with E-state index in [1.165, 1.54) is 28.5 Å². The van der Waals surface area contributed by atoms with Gasteiger partial charge in [-0.25, -0.2) is 4.98 Å². The summed E-state index contributed by atoms with van der Waals surface area (Å²) in [4.78, 5) is 11.2. The molecule has 0 bridgehead atoms. The highest BCUT2D eigenvalue weighted by Gasteiger charge is 2.25. The van der Waals surface area contributed by atoms with Crippen LogP contribution in [0.5, 0.6) is 0 Å². The number of nitrogens with one attached hydrogen (secondary N) is 1. The van der Waals surface area contributed by atoms with Crippen molar-refractivity contribution >= 4 is 16.5 Å². The number of rotatable bonds is 5. The van der Waals surface area contributed by atoms with Gasteiger partial charge in [-0.1, -0.05) is 6.92 Å². The molecule has 4 nitrogen and oxygen atoms in total. The maximum absolute atomic E-state index is 4.90. The van der Waals surface area contributed by atoms with Crippen molar-refractivity contribution in [2.45, 2.75) is 51.7 Å². The molecular formula is C15H26N4S. The Hall–Kier alpha value is -0.650. The number of piperazine rings is 1. The van der Waals surface area contributed by atoms with E-state index < -0.39 is 0 Å². The van der Waals surface area contributed by atoms with E-state index >= 15 is 0 Å². The predicted molar refractivity (Wildman–Crippen MR) is 85.7 cm³/mol. The van der Waals surface area contributed by atoms with Crippen molar-refractivity contribution < 1.29 is 0 Å². The molecule has 1 unspecified atom stereocenters. The second kappa shape index (κ2) is 6.00. The quantitative estimate of drug-likeness (QED) is 0.901. The smallest absolute Gasteiger partial charge is 0.185 e.